The number of hydrogen-bond donors (Lipinski definition) is 2. The van der Waals surface area contributed by atoms with Gasteiger partial charge in [-0.15, -0.1) is 4.83 Å². The zero-order valence-electron chi connectivity index (χ0n) is 13.5. The molecule has 0 aliphatic rings. The Morgan fingerprint density at radius 1 is 0.962 bits per heavy atom. The average molecular weight is 374 g/mol. The van der Waals surface area contributed by atoms with Gasteiger partial charge in [-0.05, 0) is 23.6 Å². The second kappa shape index (κ2) is 7.51. The van der Waals surface area contributed by atoms with Crippen LogP contribution < -0.4 is 15.0 Å². The van der Waals surface area contributed by atoms with Gasteiger partial charge in [0.25, 0.3) is 15.9 Å². The van der Waals surface area contributed by atoms with Crippen molar-refractivity contribution in [1.82, 2.24) is 10.3 Å². The lowest BCUT2D eigenvalue weighted by Crippen LogP contribution is -2.43. The topological polar surface area (TPSA) is 84.5 Å². The van der Waals surface area contributed by atoms with Crippen molar-refractivity contribution in [2.24, 2.45) is 0 Å². The number of carbonyl (C=O) groups excluding carboxylic acids is 1. The highest BCUT2D eigenvalue weighted by Gasteiger charge is 2.19. The van der Waals surface area contributed by atoms with Crippen molar-refractivity contribution >= 4 is 26.7 Å². The number of carbonyl (C=O) groups is 1. The fourth-order valence-corrected chi connectivity index (χ4v) is 3.28. The molecule has 0 saturated carbocycles. The van der Waals surface area contributed by atoms with Crippen LogP contribution in [0.1, 0.15) is 0 Å². The lowest BCUT2D eigenvalue weighted by molar-refractivity contribution is -0.123. The van der Waals surface area contributed by atoms with Crippen LogP contribution in [0.2, 0.25) is 0 Å². The molecular formula is C18H15FN2O4S. The van der Waals surface area contributed by atoms with E-state index in [4.69, 9.17) is 4.74 Å². The lowest BCUT2D eigenvalue weighted by Gasteiger charge is -2.11. The van der Waals surface area contributed by atoms with Crippen LogP contribution in [0, 0.1) is 5.82 Å². The molecule has 0 bridgehead atoms. The Kier molecular flexibility index (Phi) is 5.15. The Hall–Kier alpha value is -2.97. The van der Waals surface area contributed by atoms with Crippen molar-refractivity contribution in [2.75, 3.05) is 6.61 Å². The summed E-state index contributed by atoms with van der Waals surface area (Å²) >= 11 is 0. The molecule has 134 valence electrons. The highest BCUT2D eigenvalue weighted by Crippen LogP contribution is 2.24. The number of hydrogen-bond acceptors (Lipinski definition) is 4. The predicted octanol–water partition coefficient (Wildman–Crippen LogP) is 2.37. The van der Waals surface area contributed by atoms with Gasteiger partial charge in [0.2, 0.25) is 0 Å². The quantitative estimate of drug-likeness (QED) is 0.649. The second-order valence-electron chi connectivity index (χ2n) is 5.35. The third-order valence-electron chi connectivity index (χ3n) is 3.56. The van der Waals surface area contributed by atoms with Gasteiger partial charge in [-0.2, -0.15) is 0 Å². The highest BCUT2D eigenvalue weighted by molar-refractivity contribution is 7.89. The number of ether oxygens (including phenoxy) is 1. The summed E-state index contributed by atoms with van der Waals surface area (Å²) in [5.41, 5.74) is 2.00. The van der Waals surface area contributed by atoms with Crippen molar-refractivity contribution in [1.29, 1.82) is 0 Å². The maximum atomic E-state index is 13.6. The summed E-state index contributed by atoms with van der Waals surface area (Å²) in [5, 5.41) is 1.78. The summed E-state index contributed by atoms with van der Waals surface area (Å²) in [5.74, 6) is -1.14. The number of hydrazine groups is 1. The number of halogens is 1. The molecule has 0 aliphatic carbocycles. The molecule has 0 saturated heterocycles. The van der Waals surface area contributed by atoms with Gasteiger partial charge in [0.15, 0.2) is 6.61 Å². The second-order valence-corrected chi connectivity index (χ2v) is 7.00. The fraction of sp³-hybridized carbons (Fsp3) is 0.0556. The van der Waals surface area contributed by atoms with E-state index in [0.29, 0.717) is 5.75 Å². The number of rotatable bonds is 6. The number of sulfonamides is 1. The number of benzene rings is 3. The maximum absolute atomic E-state index is 13.6. The van der Waals surface area contributed by atoms with Crippen molar-refractivity contribution in [2.45, 2.75) is 4.90 Å². The van der Waals surface area contributed by atoms with E-state index in [0.717, 1.165) is 22.9 Å². The van der Waals surface area contributed by atoms with Gasteiger partial charge < -0.3 is 4.74 Å². The molecule has 3 aromatic carbocycles. The first-order valence-corrected chi connectivity index (χ1v) is 9.11. The van der Waals surface area contributed by atoms with E-state index < -0.39 is 33.3 Å². The highest BCUT2D eigenvalue weighted by atomic mass is 32.2. The van der Waals surface area contributed by atoms with E-state index in [-0.39, 0.29) is 0 Å². The summed E-state index contributed by atoms with van der Waals surface area (Å²) in [6, 6.07) is 17.7. The van der Waals surface area contributed by atoms with Crippen molar-refractivity contribution in [3.63, 3.8) is 0 Å². The monoisotopic (exact) mass is 374 g/mol. The van der Waals surface area contributed by atoms with E-state index in [2.05, 4.69) is 0 Å². The predicted molar refractivity (Wildman–Crippen MR) is 94.3 cm³/mol. The van der Waals surface area contributed by atoms with Crippen LogP contribution in [0.15, 0.2) is 71.6 Å². The molecule has 26 heavy (non-hydrogen) atoms. The van der Waals surface area contributed by atoms with Gasteiger partial charge in [0, 0.05) is 5.39 Å². The standard InChI is InChI=1S/C18H15FN2O4S/c19-15-9-3-4-11-17(15)26(23,24)21-20-18(22)12-25-16-10-5-7-13-6-1-2-8-14(13)16/h1-11,21H,12H2,(H,20,22). The first-order valence-electron chi connectivity index (χ1n) is 7.63. The minimum Gasteiger partial charge on any atom is -0.483 e. The molecule has 3 rings (SSSR count). The van der Waals surface area contributed by atoms with E-state index in [1.807, 2.05) is 40.6 Å². The van der Waals surface area contributed by atoms with Gasteiger partial charge in [0.05, 0.1) is 0 Å². The van der Waals surface area contributed by atoms with Crippen molar-refractivity contribution in [3.8, 4) is 5.75 Å². The molecule has 0 aromatic heterocycles. The SMILES string of the molecule is O=C(COc1cccc2ccccc12)NNS(=O)(=O)c1ccccc1F. The molecule has 8 heteroatoms. The molecule has 0 atom stereocenters. The van der Waals surface area contributed by atoms with Crippen LogP contribution in [0.4, 0.5) is 4.39 Å². The molecule has 0 radical (unpaired) electrons. The van der Waals surface area contributed by atoms with E-state index in [9.17, 15) is 17.6 Å². The Labute approximate surface area is 149 Å². The zero-order valence-corrected chi connectivity index (χ0v) is 14.3. The molecule has 0 unspecified atom stereocenters. The normalized spacial score (nSPS) is 11.3. The molecule has 0 heterocycles. The van der Waals surface area contributed by atoms with E-state index >= 15 is 0 Å². The van der Waals surface area contributed by atoms with Crippen LogP contribution in [0.25, 0.3) is 10.8 Å². The summed E-state index contributed by atoms with van der Waals surface area (Å²) in [4.78, 5) is 13.1. The largest absolute Gasteiger partial charge is 0.483 e. The molecule has 2 N–H and O–H groups in total. The maximum Gasteiger partial charge on any atom is 0.272 e. The molecule has 0 fully saturated rings. The third-order valence-corrected chi connectivity index (χ3v) is 4.84. The van der Waals surface area contributed by atoms with Crippen LogP contribution in [0.5, 0.6) is 5.75 Å². The Bertz CT molecular complexity index is 1050. The minimum absolute atomic E-state index is 0.409. The molecule has 0 spiro atoms. The Balaban J connectivity index is 1.62. The number of nitrogens with one attached hydrogen (secondary N) is 2. The van der Waals surface area contributed by atoms with Crippen LogP contribution in [-0.4, -0.2) is 20.9 Å². The molecular weight excluding hydrogens is 359 g/mol. The minimum atomic E-state index is -4.22. The van der Waals surface area contributed by atoms with Crippen LogP contribution >= 0.6 is 0 Å². The van der Waals surface area contributed by atoms with Gasteiger partial charge in [0.1, 0.15) is 16.5 Å². The number of amides is 1. The molecule has 1 amide bonds. The summed E-state index contributed by atoms with van der Waals surface area (Å²) in [7, 11) is -4.22. The third kappa shape index (κ3) is 3.98. The first-order chi connectivity index (χ1) is 12.5. The summed E-state index contributed by atoms with van der Waals surface area (Å²) in [6.07, 6.45) is 0. The van der Waals surface area contributed by atoms with Crippen molar-refractivity contribution < 1.29 is 22.3 Å². The average Bonchev–Trinajstić information content (AvgIpc) is 2.65. The Morgan fingerprint density at radius 3 is 2.46 bits per heavy atom. The lowest BCUT2D eigenvalue weighted by atomic mass is 10.1. The van der Waals surface area contributed by atoms with Gasteiger partial charge in [-0.3, -0.25) is 10.2 Å². The van der Waals surface area contributed by atoms with Crippen molar-refractivity contribution in [3.05, 3.63) is 72.5 Å². The van der Waals surface area contributed by atoms with Crippen LogP contribution in [-0.2, 0) is 14.8 Å². The van der Waals surface area contributed by atoms with Crippen LogP contribution in [0.3, 0.4) is 0 Å². The molecule has 0 aliphatic heterocycles. The fourth-order valence-electron chi connectivity index (χ4n) is 2.34. The van der Waals surface area contributed by atoms with Gasteiger partial charge >= 0.3 is 0 Å². The Morgan fingerprint density at radius 2 is 1.65 bits per heavy atom. The molecule has 3 aromatic rings. The van der Waals surface area contributed by atoms with E-state index in [1.54, 1.807) is 12.1 Å². The summed E-state index contributed by atoms with van der Waals surface area (Å²) < 4.78 is 43.0. The summed E-state index contributed by atoms with van der Waals surface area (Å²) in [6.45, 7) is -0.409. The smallest absolute Gasteiger partial charge is 0.272 e. The van der Waals surface area contributed by atoms with Gasteiger partial charge in [-0.1, -0.05) is 48.5 Å². The number of fused-ring (bicyclic) bond motifs is 1. The first kappa shape index (κ1) is 17.8. The van der Waals surface area contributed by atoms with Gasteiger partial charge in [-0.25, -0.2) is 12.8 Å². The zero-order chi connectivity index (χ0) is 18.6. The molecule has 6 nitrogen and oxygen atoms in total. The van der Waals surface area contributed by atoms with E-state index in [1.165, 1.54) is 12.1 Å².